The van der Waals surface area contributed by atoms with Crippen LogP contribution in [-0.4, -0.2) is 12.5 Å². The smallest absolute Gasteiger partial charge is 0.246 e. The molecule has 0 bridgehead atoms. The number of halogens is 1. The standard InChI is InChI=1S/C16H15ClN2O/c17-14-6-8-15(9-7-14)19-11-13(16(18)20)10-12-4-2-1-3-5-12/h1-10,19H,11H2,(H2,18,20). The molecule has 0 saturated heterocycles. The average Bonchev–Trinajstić information content (AvgIpc) is 2.46. The van der Waals surface area contributed by atoms with Crippen LogP contribution in [0.4, 0.5) is 5.69 Å². The minimum atomic E-state index is -0.435. The first kappa shape index (κ1) is 14.2. The van der Waals surface area contributed by atoms with Crippen LogP contribution >= 0.6 is 11.6 Å². The van der Waals surface area contributed by atoms with Crippen LogP contribution < -0.4 is 11.1 Å². The van der Waals surface area contributed by atoms with Gasteiger partial charge in [0.1, 0.15) is 0 Å². The van der Waals surface area contributed by atoms with Crippen molar-refractivity contribution in [3.8, 4) is 0 Å². The predicted molar refractivity (Wildman–Crippen MR) is 83.6 cm³/mol. The Bertz CT molecular complexity index is 606. The number of carbonyl (C=O) groups is 1. The summed E-state index contributed by atoms with van der Waals surface area (Å²) in [5, 5.41) is 3.82. The molecule has 0 radical (unpaired) electrons. The Kier molecular flexibility index (Phi) is 4.80. The molecule has 0 saturated carbocycles. The number of nitrogens with one attached hydrogen (secondary N) is 1. The number of primary amides is 1. The lowest BCUT2D eigenvalue weighted by Gasteiger charge is -2.08. The zero-order valence-corrected chi connectivity index (χ0v) is 11.6. The minimum Gasteiger partial charge on any atom is -0.381 e. The summed E-state index contributed by atoms with van der Waals surface area (Å²) in [4.78, 5) is 11.5. The SMILES string of the molecule is NC(=O)C(=Cc1ccccc1)CNc1ccc(Cl)cc1. The van der Waals surface area contributed by atoms with E-state index in [1.165, 1.54) is 0 Å². The van der Waals surface area contributed by atoms with Crippen LogP contribution in [0.15, 0.2) is 60.2 Å². The Morgan fingerprint density at radius 2 is 1.75 bits per heavy atom. The molecule has 0 aromatic heterocycles. The highest BCUT2D eigenvalue weighted by Gasteiger charge is 2.05. The third-order valence-electron chi connectivity index (χ3n) is 2.78. The topological polar surface area (TPSA) is 55.1 Å². The molecule has 2 aromatic carbocycles. The molecule has 0 unspecified atom stereocenters. The minimum absolute atomic E-state index is 0.367. The summed E-state index contributed by atoms with van der Waals surface area (Å²) in [6.45, 7) is 0.367. The van der Waals surface area contributed by atoms with Gasteiger partial charge < -0.3 is 11.1 Å². The monoisotopic (exact) mass is 286 g/mol. The molecule has 3 nitrogen and oxygen atoms in total. The van der Waals surface area contributed by atoms with Crippen LogP contribution in [0.3, 0.4) is 0 Å². The van der Waals surface area contributed by atoms with Crippen molar-refractivity contribution < 1.29 is 4.79 Å². The maximum Gasteiger partial charge on any atom is 0.246 e. The molecule has 0 atom stereocenters. The summed E-state index contributed by atoms with van der Waals surface area (Å²) in [5.74, 6) is -0.435. The van der Waals surface area contributed by atoms with E-state index in [4.69, 9.17) is 17.3 Å². The molecule has 102 valence electrons. The maximum absolute atomic E-state index is 11.5. The van der Waals surface area contributed by atoms with Gasteiger partial charge in [-0.2, -0.15) is 0 Å². The lowest BCUT2D eigenvalue weighted by molar-refractivity contribution is -0.114. The molecular formula is C16H15ClN2O. The molecule has 0 aliphatic heterocycles. The molecule has 20 heavy (non-hydrogen) atoms. The fourth-order valence-corrected chi connectivity index (χ4v) is 1.85. The van der Waals surface area contributed by atoms with Gasteiger partial charge in [0.05, 0.1) is 0 Å². The highest BCUT2D eigenvalue weighted by atomic mass is 35.5. The van der Waals surface area contributed by atoms with Crippen LogP contribution in [0.1, 0.15) is 5.56 Å². The highest BCUT2D eigenvalue weighted by Crippen LogP contribution is 2.14. The molecule has 0 fully saturated rings. The number of hydrogen-bond donors (Lipinski definition) is 2. The van der Waals surface area contributed by atoms with Crippen molar-refractivity contribution in [1.29, 1.82) is 0 Å². The largest absolute Gasteiger partial charge is 0.381 e. The second kappa shape index (κ2) is 6.78. The Balaban J connectivity index is 2.09. The third kappa shape index (κ3) is 4.14. The lowest BCUT2D eigenvalue weighted by atomic mass is 10.1. The Morgan fingerprint density at radius 3 is 2.35 bits per heavy atom. The van der Waals surface area contributed by atoms with Crippen LogP contribution in [-0.2, 0) is 4.79 Å². The first-order valence-corrected chi connectivity index (χ1v) is 6.58. The van der Waals surface area contributed by atoms with E-state index in [1.807, 2.05) is 42.5 Å². The zero-order chi connectivity index (χ0) is 14.4. The molecule has 2 rings (SSSR count). The Hall–Kier alpha value is -2.26. The van der Waals surface area contributed by atoms with E-state index in [9.17, 15) is 4.79 Å². The summed E-state index contributed by atoms with van der Waals surface area (Å²) in [5.41, 5.74) is 7.75. The van der Waals surface area contributed by atoms with Gasteiger partial charge in [-0.05, 0) is 35.9 Å². The van der Waals surface area contributed by atoms with Crippen molar-refractivity contribution in [2.24, 2.45) is 5.73 Å². The fraction of sp³-hybridized carbons (Fsp3) is 0.0625. The molecular weight excluding hydrogens is 272 g/mol. The van der Waals surface area contributed by atoms with E-state index in [0.717, 1.165) is 11.3 Å². The van der Waals surface area contributed by atoms with Crippen LogP contribution in [0.2, 0.25) is 5.02 Å². The number of anilines is 1. The molecule has 3 N–H and O–H groups in total. The fourth-order valence-electron chi connectivity index (χ4n) is 1.72. The molecule has 0 aliphatic rings. The van der Waals surface area contributed by atoms with Gasteiger partial charge in [0, 0.05) is 22.8 Å². The zero-order valence-electron chi connectivity index (χ0n) is 10.8. The summed E-state index contributed by atoms with van der Waals surface area (Å²) in [6.07, 6.45) is 1.78. The van der Waals surface area contributed by atoms with Crippen LogP contribution in [0.5, 0.6) is 0 Å². The summed E-state index contributed by atoms with van der Waals surface area (Å²) in [7, 11) is 0. The van der Waals surface area contributed by atoms with Gasteiger partial charge in [-0.15, -0.1) is 0 Å². The van der Waals surface area contributed by atoms with Crippen molar-refractivity contribution >= 4 is 29.3 Å². The van der Waals surface area contributed by atoms with E-state index in [-0.39, 0.29) is 0 Å². The van der Waals surface area contributed by atoms with E-state index in [2.05, 4.69) is 5.32 Å². The van der Waals surface area contributed by atoms with Crippen LogP contribution in [0.25, 0.3) is 6.08 Å². The Labute approximate surface area is 123 Å². The number of rotatable bonds is 5. The molecule has 0 aliphatic carbocycles. The number of amides is 1. The molecule has 4 heteroatoms. The normalized spacial score (nSPS) is 11.2. The summed E-state index contributed by atoms with van der Waals surface area (Å²) in [6, 6.07) is 16.9. The van der Waals surface area contributed by atoms with Crippen molar-refractivity contribution in [1.82, 2.24) is 0 Å². The first-order valence-electron chi connectivity index (χ1n) is 6.20. The highest BCUT2D eigenvalue weighted by molar-refractivity contribution is 6.30. The molecule has 0 spiro atoms. The lowest BCUT2D eigenvalue weighted by Crippen LogP contribution is -2.20. The number of nitrogens with two attached hydrogens (primary N) is 1. The van der Waals surface area contributed by atoms with Crippen molar-refractivity contribution in [2.45, 2.75) is 0 Å². The number of hydrogen-bond acceptors (Lipinski definition) is 2. The predicted octanol–water partition coefficient (Wildman–Crippen LogP) is 3.32. The number of benzene rings is 2. The van der Waals surface area contributed by atoms with Crippen molar-refractivity contribution in [2.75, 3.05) is 11.9 Å². The molecule has 0 heterocycles. The molecule has 2 aromatic rings. The van der Waals surface area contributed by atoms with E-state index >= 15 is 0 Å². The average molecular weight is 287 g/mol. The van der Waals surface area contributed by atoms with E-state index in [1.54, 1.807) is 18.2 Å². The van der Waals surface area contributed by atoms with Gasteiger partial charge in [0.15, 0.2) is 0 Å². The van der Waals surface area contributed by atoms with Crippen LogP contribution in [0, 0.1) is 0 Å². The van der Waals surface area contributed by atoms with Gasteiger partial charge in [-0.1, -0.05) is 41.9 Å². The van der Waals surface area contributed by atoms with Gasteiger partial charge in [-0.3, -0.25) is 4.79 Å². The van der Waals surface area contributed by atoms with Gasteiger partial charge >= 0.3 is 0 Å². The van der Waals surface area contributed by atoms with E-state index < -0.39 is 5.91 Å². The molecule has 1 amide bonds. The van der Waals surface area contributed by atoms with Gasteiger partial charge in [0.25, 0.3) is 0 Å². The quantitative estimate of drug-likeness (QED) is 0.829. The first-order chi connectivity index (χ1) is 9.65. The number of carbonyl (C=O) groups excluding carboxylic acids is 1. The van der Waals surface area contributed by atoms with Gasteiger partial charge in [-0.25, -0.2) is 0 Å². The Morgan fingerprint density at radius 1 is 1.10 bits per heavy atom. The third-order valence-corrected chi connectivity index (χ3v) is 3.04. The van der Waals surface area contributed by atoms with Crippen molar-refractivity contribution in [3.63, 3.8) is 0 Å². The second-order valence-corrected chi connectivity index (χ2v) is 4.74. The maximum atomic E-state index is 11.5. The summed E-state index contributed by atoms with van der Waals surface area (Å²) >= 11 is 5.82. The van der Waals surface area contributed by atoms with Gasteiger partial charge in [0.2, 0.25) is 5.91 Å². The van der Waals surface area contributed by atoms with E-state index in [0.29, 0.717) is 17.1 Å². The van der Waals surface area contributed by atoms with Crippen molar-refractivity contribution in [3.05, 3.63) is 70.8 Å². The second-order valence-electron chi connectivity index (χ2n) is 4.30. The summed E-state index contributed by atoms with van der Waals surface area (Å²) < 4.78 is 0.